The molecule has 0 aromatic heterocycles. The fourth-order valence-corrected chi connectivity index (χ4v) is 3.69. The maximum Gasteiger partial charge on any atom is -0.0195 e. The van der Waals surface area contributed by atoms with Crippen molar-refractivity contribution in [3.8, 4) is 0 Å². The summed E-state index contributed by atoms with van der Waals surface area (Å²) in [7, 11) is 0. The first-order valence-corrected chi connectivity index (χ1v) is 11.2. The van der Waals surface area contributed by atoms with Crippen LogP contribution in [0.2, 0.25) is 0 Å². The summed E-state index contributed by atoms with van der Waals surface area (Å²) in [5.74, 6) is 0. The zero-order valence-corrected chi connectivity index (χ0v) is 19.7. The van der Waals surface area contributed by atoms with Crippen LogP contribution >= 0.6 is 0 Å². The largest absolute Gasteiger partial charge is 0.0770 e. The van der Waals surface area contributed by atoms with Gasteiger partial charge in [-0.2, -0.15) is 0 Å². The van der Waals surface area contributed by atoms with Crippen LogP contribution in [0.5, 0.6) is 0 Å². The average molecular weight is 379 g/mol. The molecular formula is C28H42. The van der Waals surface area contributed by atoms with Crippen molar-refractivity contribution in [3.05, 3.63) is 75.4 Å². The molecular weight excluding hydrogens is 336 g/mol. The molecule has 1 aromatic carbocycles. The third-order valence-corrected chi connectivity index (χ3v) is 5.56. The Morgan fingerprint density at radius 3 is 2.18 bits per heavy atom. The monoisotopic (exact) mass is 378 g/mol. The second kappa shape index (κ2) is 12.6. The van der Waals surface area contributed by atoms with Crippen molar-refractivity contribution >= 4 is 5.57 Å². The van der Waals surface area contributed by atoms with Gasteiger partial charge in [-0.1, -0.05) is 82.5 Å². The Kier molecular flexibility index (Phi) is 10.9. The van der Waals surface area contributed by atoms with Crippen molar-refractivity contribution < 1.29 is 0 Å². The maximum atomic E-state index is 2.40. The van der Waals surface area contributed by atoms with E-state index in [4.69, 9.17) is 0 Å². The van der Waals surface area contributed by atoms with E-state index in [1.807, 2.05) is 0 Å². The SMILES string of the molecule is CCC/C=C(/C=C(/C)c1cc(CC)c(C)cc1C)C(\C)=C\C=C(\CC)CCC. The van der Waals surface area contributed by atoms with Crippen molar-refractivity contribution in [2.24, 2.45) is 0 Å². The molecule has 0 bridgehead atoms. The zero-order chi connectivity index (χ0) is 21.1. The number of benzene rings is 1. The van der Waals surface area contributed by atoms with Gasteiger partial charge in [0.25, 0.3) is 0 Å². The van der Waals surface area contributed by atoms with Crippen LogP contribution in [0, 0.1) is 13.8 Å². The quantitative estimate of drug-likeness (QED) is 0.356. The molecule has 154 valence electrons. The van der Waals surface area contributed by atoms with Gasteiger partial charge in [-0.05, 0) is 92.4 Å². The highest BCUT2D eigenvalue weighted by Gasteiger charge is 2.07. The summed E-state index contributed by atoms with van der Waals surface area (Å²) in [5, 5.41) is 0. The Hall–Kier alpha value is -1.82. The highest BCUT2D eigenvalue weighted by Crippen LogP contribution is 2.26. The molecule has 0 fully saturated rings. The molecule has 0 saturated carbocycles. The Labute approximate surface area is 175 Å². The molecule has 28 heavy (non-hydrogen) atoms. The summed E-state index contributed by atoms with van der Waals surface area (Å²) >= 11 is 0. The number of allylic oxidation sites excluding steroid dienone is 8. The zero-order valence-electron chi connectivity index (χ0n) is 19.7. The molecule has 0 aliphatic heterocycles. The van der Waals surface area contributed by atoms with Crippen LogP contribution in [0.4, 0.5) is 0 Å². The third-order valence-electron chi connectivity index (χ3n) is 5.56. The second-order valence-electron chi connectivity index (χ2n) is 8.00. The number of rotatable bonds is 10. The van der Waals surface area contributed by atoms with Crippen molar-refractivity contribution in [3.63, 3.8) is 0 Å². The van der Waals surface area contributed by atoms with E-state index < -0.39 is 0 Å². The van der Waals surface area contributed by atoms with E-state index in [9.17, 15) is 0 Å². The molecule has 0 amide bonds. The first-order valence-electron chi connectivity index (χ1n) is 11.2. The lowest BCUT2D eigenvalue weighted by Crippen LogP contribution is -1.94. The van der Waals surface area contributed by atoms with Gasteiger partial charge < -0.3 is 0 Å². The Morgan fingerprint density at radius 1 is 0.893 bits per heavy atom. The van der Waals surface area contributed by atoms with Gasteiger partial charge in [-0.3, -0.25) is 0 Å². The van der Waals surface area contributed by atoms with E-state index >= 15 is 0 Å². The second-order valence-corrected chi connectivity index (χ2v) is 8.00. The highest BCUT2D eigenvalue weighted by atomic mass is 14.1. The lowest BCUT2D eigenvalue weighted by molar-refractivity contribution is 0.858. The molecule has 0 atom stereocenters. The van der Waals surface area contributed by atoms with Crippen LogP contribution in [-0.2, 0) is 6.42 Å². The van der Waals surface area contributed by atoms with Gasteiger partial charge in [-0.15, -0.1) is 0 Å². The smallest absolute Gasteiger partial charge is 0.0195 e. The fourth-order valence-electron chi connectivity index (χ4n) is 3.69. The standard InChI is InChI=1S/C28H42/c1-9-13-15-27(21(5)16-17-25(11-3)14-10-2)19-24(8)28-20-26(12-4)22(6)18-23(28)7/h15-20H,9-14H2,1-8H3/b21-16+,24-19-,25-17-,27-15-. The van der Waals surface area contributed by atoms with Gasteiger partial charge in [0.1, 0.15) is 0 Å². The van der Waals surface area contributed by atoms with Crippen LogP contribution in [0.25, 0.3) is 5.57 Å². The predicted octanol–water partition coefficient (Wildman–Crippen LogP) is 9.08. The molecule has 0 radical (unpaired) electrons. The molecule has 0 saturated heterocycles. The van der Waals surface area contributed by atoms with Gasteiger partial charge >= 0.3 is 0 Å². The Morgan fingerprint density at radius 2 is 1.61 bits per heavy atom. The van der Waals surface area contributed by atoms with Gasteiger partial charge in [0, 0.05) is 0 Å². The van der Waals surface area contributed by atoms with Gasteiger partial charge in [0.15, 0.2) is 0 Å². The van der Waals surface area contributed by atoms with Crippen molar-refractivity contribution in [2.45, 2.75) is 93.9 Å². The summed E-state index contributed by atoms with van der Waals surface area (Å²) in [5.41, 5.74) is 11.2. The fraction of sp³-hybridized carbons (Fsp3) is 0.500. The summed E-state index contributed by atoms with van der Waals surface area (Å²) in [6.07, 6.45) is 16.4. The molecule has 0 unspecified atom stereocenters. The first kappa shape index (κ1) is 24.2. The molecule has 0 aliphatic carbocycles. The van der Waals surface area contributed by atoms with Crippen LogP contribution < -0.4 is 0 Å². The molecule has 0 spiro atoms. The Balaban J connectivity index is 3.31. The minimum Gasteiger partial charge on any atom is -0.0770 e. The molecule has 0 aliphatic rings. The highest BCUT2D eigenvalue weighted by molar-refractivity contribution is 5.71. The van der Waals surface area contributed by atoms with E-state index in [1.165, 1.54) is 58.2 Å². The van der Waals surface area contributed by atoms with E-state index in [1.54, 1.807) is 5.57 Å². The lowest BCUT2D eigenvalue weighted by Gasteiger charge is -2.13. The van der Waals surface area contributed by atoms with Gasteiger partial charge in [0.2, 0.25) is 0 Å². The Bertz CT molecular complexity index is 750. The topological polar surface area (TPSA) is 0 Å². The van der Waals surface area contributed by atoms with Crippen LogP contribution in [0.15, 0.2) is 53.2 Å². The van der Waals surface area contributed by atoms with Crippen molar-refractivity contribution in [1.82, 2.24) is 0 Å². The summed E-state index contributed by atoms with van der Waals surface area (Å²) in [4.78, 5) is 0. The van der Waals surface area contributed by atoms with Crippen LogP contribution in [0.3, 0.4) is 0 Å². The summed E-state index contributed by atoms with van der Waals surface area (Å²) < 4.78 is 0. The van der Waals surface area contributed by atoms with E-state index in [-0.39, 0.29) is 0 Å². The summed E-state index contributed by atoms with van der Waals surface area (Å²) in [6.45, 7) is 18.0. The number of hydrogen-bond acceptors (Lipinski definition) is 0. The third kappa shape index (κ3) is 7.30. The predicted molar refractivity (Wildman–Crippen MR) is 129 cm³/mol. The molecule has 1 aromatic rings. The molecule has 0 heteroatoms. The van der Waals surface area contributed by atoms with Crippen LogP contribution in [0.1, 0.15) is 95.9 Å². The first-order chi connectivity index (χ1) is 13.4. The summed E-state index contributed by atoms with van der Waals surface area (Å²) in [6, 6.07) is 4.73. The molecule has 0 nitrogen and oxygen atoms in total. The maximum absolute atomic E-state index is 2.40. The number of unbranched alkanes of at least 4 members (excludes halogenated alkanes) is 1. The molecule has 0 N–H and O–H groups in total. The minimum absolute atomic E-state index is 1.09. The lowest BCUT2D eigenvalue weighted by atomic mass is 9.92. The van der Waals surface area contributed by atoms with Gasteiger partial charge in [-0.25, -0.2) is 0 Å². The number of hydrogen-bond donors (Lipinski definition) is 0. The van der Waals surface area contributed by atoms with Crippen molar-refractivity contribution in [1.29, 1.82) is 0 Å². The number of aryl methyl sites for hydroxylation is 3. The normalized spacial score (nSPS) is 14.0. The van der Waals surface area contributed by atoms with E-state index in [0.717, 1.165) is 19.3 Å². The molecule has 0 heterocycles. The van der Waals surface area contributed by atoms with Crippen LogP contribution in [-0.4, -0.2) is 0 Å². The minimum atomic E-state index is 1.09. The van der Waals surface area contributed by atoms with E-state index in [0.29, 0.717) is 0 Å². The average Bonchev–Trinajstić information content (AvgIpc) is 2.67. The molecule has 1 rings (SSSR count). The van der Waals surface area contributed by atoms with Gasteiger partial charge in [0.05, 0.1) is 0 Å². The van der Waals surface area contributed by atoms with E-state index in [2.05, 4.69) is 91.8 Å². The van der Waals surface area contributed by atoms with Crippen molar-refractivity contribution in [2.75, 3.05) is 0 Å².